The van der Waals surface area contributed by atoms with Crippen molar-refractivity contribution in [3.63, 3.8) is 0 Å². The number of hydrogen-bond acceptors (Lipinski definition) is 4. The van der Waals surface area contributed by atoms with Gasteiger partial charge in [-0.15, -0.1) is 0 Å². The van der Waals surface area contributed by atoms with Crippen molar-refractivity contribution in [1.82, 2.24) is 15.3 Å². The van der Waals surface area contributed by atoms with E-state index in [2.05, 4.69) is 15.2 Å². The van der Waals surface area contributed by atoms with Crippen molar-refractivity contribution in [3.8, 4) is 0 Å². The third-order valence-electron chi connectivity index (χ3n) is 5.36. The van der Waals surface area contributed by atoms with Crippen LogP contribution in [0.5, 0.6) is 0 Å². The van der Waals surface area contributed by atoms with Gasteiger partial charge in [0.25, 0.3) is 0 Å². The lowest BCUT2D eigenvalue weighted by Crippen LogP contribution is -2.51. The van der Waals surface area contributed by atoms with Gasteiger partial charge in [0.1, 0.15) is 5.82 Å². The van der Waals surface area contributed by atoms with Gasteiger partial charge in [-0.1, -0.05) is 44.2 Å². The van der Waals surface area contributed by atoms with Gasteiger partial charge >= 0.3 is 0 Å². The second-order valence-corrected chi connectivity index (χ2v) is 7.05. The Bertz CT molecular complexity index is 651. The third-order valence-corrected chi connectivity index (χ3v) is 5.36. The van der Waals surface area contributed by atoms with E-state index in [0.717, 1.165) is 42.4 Å². The molecule has 1 aromatic heterocycles. The van der Waals surface area contributed by atoms with Crippen molar-refractivity contribution in [3.05, 3.63) is 30.5 Å². The fourth-order valence-electron chi connectivity index (χ4n) is 4.12. The zero-order chi connectivity index (χ0) is 15.5. The SMILES string of the molecule is c1ccc2nc(N3CCN[C@@H](CC4CCCCC4)C3)cnc2c1. The Hall–Kier alpha value is -1.68. The molecule has 2 fully saturated rings. The van der Waals surface area contributed by atoms with Gasteiger partial charge in [-0.2, -0.15) is 0 Å². The van der Waals surface area contributed by atoms with Crippen molar-refractivity contribution < 1.29 is 0 Å². The van der Waals surface area contributed by atoms with Crippen molar-refractivity contribution in [2.24, 2.45) is 5.92 Å². The van der Waals surface area contributed by atoms with Crippen LogP contribution in [0.15, 0.2) is 30.5 Å². The number of piperazine rings is 1. The molecule has 0 amide bonds. The predicted molar refractivity (Wildman–Crippen MR) is 94.7 cm³/mol. The molecule has 0 spiro atoms. The molecule has 1 saturated carbocycles. The highest BCUT2D eigenvalue weighted by atomic mass is 15.2. The fourth-order valence-corrected chi connectivity index (χ4v) is 4.12. The summed E-state index contributed by atoms with van der Waals surface area (Å²) in [6, 6.07) is 8.72. The van der Waals surface area contributed by atoms with Gasteiger partial charge < -0.3 is 10.2 Å². The van der Waals surface area contributed by atoms with E-state index in [1.54, 1.807) is 0 Å². The topological polar surface area (TPSA) is 41.1 Å². The summed E-state index contributed by atoms with van der Waals surface area (Å²) in [5, 5.41) is 3.71. The zero-order valence-electron chi connectivity index (χ0n) is 13.7. The van der Waals surface area contributed by atoms with Gasteiger partial charge in [-0.25, -0.2) is 4.98 Å². The van der Waals surface area contributed by atoms with Gasteiger partial charge in [0.15, 0.2) is 0 Å². The summed E-state index contributed by atoms with van der Waals surface area (Å²) in [6.45, 7) is 3.13. The number of rotatable bonds is 3. The van der Waals surface area contributed by atoms with Crippen LogP contribution in [0.1, 0.15) is 38.5 Å². The maximum atomic E-state index is 4.82. The molecule has 2 aromatic rings. The number of hydrogen-bond donors (Lipinski definition) is 1. The Morgan fingerprint density at radius 2 is 1.91 bits per heavy atom. The van der Waals surface area contributed by atoms with Crippen LogP contribution in [0.25, 0.3) is 11.0 Å². The Morgan fingerprint density at radius 3 is 2.78 bits per heavy atom. The van der Waals surface area contributed by atoms with E-state index in [0.29, 0.717) is 6.04 Å². The predicted octanol–water partition coefficient (Wildman–Crippen LogP) is 3.38. The highest BCUT2D eigenvalue weighted by Gasteiger charge is 2.24. The van der Waals surface area contributed by atoms with Gasteiger partial charge in [-0.3, -0.25) is 4.98 Å². The summed E-state index contributed by atoms with van der Waals surface area (Å²) in [4.78, 5) is 11.8. The van der Waals surface area contributed by atoms with E-state index < -0.39 is 0 Å². The van der Waals surface area contributed by atoms with Crippen molar-refractivity contribution in [2.75, 3.05) is 24.5 Å². The molecule has 1 aliphatic heterocycles. The first-order valence-corrected chi connectivity index (χ1v) is 9.08. The molecule has 122 valence electrons. The lowest BCUT2D eigenvalue weighted by atomic mass is 9.84. The number of nitrogens with zero attached hydrogens (tertiary/aromatic N) is 3. The van der Waals surface area contributed by atoms with Crippen molar-refractivity contribution in [2.45, 2.75) is 44.6 Å². The molecule has 0 unspecified atom stereocenters. The lowest BCUT2D eigenvalue weighted by Gasteiger charge is -2.36. The smallest absolute Gasteiger partial charge is 0.147 e. The Balaban J connectivity index is 1.45. The Labute approximate surface area is 138 Å². The minimum atomic E-state index is 0.597. The van der Waals surface area contributed by atoms with E-state index >= 15 is 0 Å². The molecule has 1 N–H and O–H groups in total. The average molecular weight is 310 g/mol. The third kappa shape index (κ3) is 3.47. The Morgan fingerprint density at radius 1 is 1.09 bits per heavy atom. The van der Waals surface area contributed by atoms with Crippen LogP contribution in [0.4, 0.5) is 5.82 Å². The average Bonchev–Trinajstić information content (AvgIpc) is 2.62. The van der Waals surface area contributed by atoms with Crippen LogP contribution in [0.2, 0.25) is 0 Å². The second kappa shape index (κ2) is 6.83. The monoisotopic (exact) mass is 310 g/mol. The van der Waals surface area contributed by atoms with Crippen LogP contribution < -0.4 is 10.2 Å². The first-order valence-electron chi connectivity index (χ1n) is 9.08. The largest absolute Gasteiger partial charge is 0.352 e. The quantitative estimate of drug-likeness (QED) is 0.943. The molecule has 1 aromatic carbocycles. The van der Waals surface area contributed by atoms with Crippen LogP contribution in [-0.4, -0.2) is 35.6 Å². The van der Waals surface area contributed by atoms with Crippen LogP contribution in [-0.2, 0) is 0 Å². The maximum absolute atomic E-state index is 4.82. The molecule has 0 radical (unpaired) electrons. The molecule has 4 heteroatoms. The molecule has 4 nitrogen and oxygen atoms in total. The van der Waals surface area contributed by atoms with E-state index in [1.165, 1.54) is 38.5 Å². The molecule has 1 saturated heterocycles. The van der Waals surface area contributed by atoms with E-state index in [-0.39, 0.29) is 0 Å². The summed E-state index contributed by atoms with van der Waals surface area (Å²) in [6.07, 6.45) is 10.4. The van der Waals surface area contributed by atoms with Crippen LogP contribution >= 0.6 is 0 Å². The van der Waals surface area contributed by atoms with Gasteiger partial charge in [-0.05, 0) is 24.5 Å². The maximum Gasteiger partial charge on any atom is 0.147 e. The zero-order valence-corrected chi connectivity index (χ0v) is 13.7. The number of aromatic nitrogens is 2. The van der Waals surface area contributed by atoms with Gasteiger partial charge in [0.05, 0.1) is 17.2 Å². The first-order chi connectivity index (χ1) is 11.4. The number of anilines is 1. The molecule has 23 heavy (non-hydrogen) atoms. The summed E-state index contributed by atoms with van der Waals surface area (Å²) >= 11 is 0. The molecule has 2 aliphatic rings. The molecule has 1 aliphatic carbocycles. The fraction of sp³-hybridized carbons (Fsp3) is 0.579. The van der Waals surface area contributed by atoms with Gasteiger partial charge in [0.2, 0.25) is 0 Å². The summed E-state index contributed by atoms with van der Waals surface area (Å²) in [7, 11) is 0. The standard InChI is InChI=1S/C19H26N4/c1-2-6-15(7-3-1)12-16-14-23(11-10-20-16)19-13-21-17-8-4-5-9-18(17)22-19/h4-5,8-9,13,15-16,20H,1-3,6-7,10-12,14H2/t16-/m0/s1. The highest BCUT2D eigenvalue weighted by Crippen LogP contribution is 2.28. The van der Waals surface area contributed by atoms with E-state index in [4.69, 9.17) is 4.98 Å². The first kappa shape index (κ1) is 14.9. The molecule has 1 atom stereocenters. The van der Waals surface area contributed by atoms with Gasteiger partial charge in [0, 0.05) is 25.7 Å². The Kier molecular flexibility index (Phi) is 4.42. The molecular weight excluding hydrogens is 284 g/mol. The normalized spacial score (nSPS) is 23.3. The summed E-state index contributed by atoms with van der Waals surface area (Å²) in [5.41, 5.74) is 1.97. The van der Waals surface area contributed by atoms with Crippen LogP contribution in [0.3, 0.4) is 0 Å². The minimum absolute atomic E-state index is 0.597. The van der Waals surface area contributed by atoms with Crippen molar-refractivity contribution >= 4 is 16.9 Å². The van der Waals surface area contributed by atoms with Crippen molar-refractivity contribution in [1.29, 1.82) is 0 Å². The lowest BCUT2D eigenvalue weighted by molar-refractivity contribution is 0.289. The number of nitrogens with one attached hydrogen (secondary N) is 1. The van der Waals surface area contributed by atoms with E-state index in [9.17, 15) is 0 Å². The van der Waals surface area contributed by atoms with E-state index in [1.807, 2.05) is 30.5 Å². The molecule has 4 rings (SSSR count). The highest BCUT2D eigenvalue weighted by molar-refractivity contribution is 5.75. The summed E-state index contributed by atoms with van der Waals surface area (Å²) in [5.74, 6) is 1.95. The number of benzene rings is 1. The van der Waals surface area contributed by atoms with Crippen LogP contribution in [0, 0.1) is 5.92 Å². The second-order valence-electron chi connectivity index (χ2n) is 7.05. The minimum Gasteiger partial charge on any atom is -0.352 e. The molecule has 2 heterocycles. The molecule has 0 bridgehead atoms. The molecular formula is C19H26N4. The number of fused-ring (bicyclic) bond motifs is 1. The number of para-hydroxylation sites is 2. The summed E-state index contributed by atoms with van der Waals surface area (Å²) < 4.78 is 0.